The Bertz CT molecular complexity index is 981. The molecule has 2 aliphatic rings. The molecule has 4 heteroatoms. The van der Waals surface area contributed by atoms with Crippen molar-refractivity contribution in [1.29, 1.82) is 0 Å². The summed E-state index contributed by atoms with van der Waals surface area (Å²) in [6.45, 7) is 4.13. The van der Waals surface area contributed by atoms with Gasteiger partial charge in [-0.3, -0.25) is 9.59 Å². The van der Waals surface area contributed by atoms with Gasteiger partial charge in [-0.15, -0.1) is 0 Å². The average Bonchev–Trinajstić information content (AvgIpc) is 2.90. The molecule has 2 amide bonds. The zero-order valence-electron chi connectivity index (χ0n) is 22.4. The molecule has 0 bridgehead atoms. The summed E-state index contributed by atoms with van der Waals surface area (Å²) in [6.07, 6.45) is 17.5. The molecule has 4 nitrogen and oxygen atoms in total. The predicted molar refractivity (Wildman–Crippen MR) is 153 cm³/mol. The van der Waals surface area contributed by atoms with Crippen molar-refractivity contribution in [2.75, 3.05) is 0 Å². The fourth-order valence-corrected chi connectivity index (χ4v) is 5.75. The first kappa shape index (κ1) is 26.9. The second-order valence-electron chi connectivity index (χ2n) is 11.2. The number of hydrogen-bond acceptors (Lipinski definition) is 2. The number of aryl methyl sites for hydroxylation is 2. The second kappa shape index (κ2) is 13.4. The molecule has 2 aromatic rings. The molecule has 2 fully saturated rings. The molecule has 2 aromatic carbocycles. The highest BCUT2D eigenvalue weighted by Gasteiger charge is 2.27. The Balaban J connectivity index is 1.10. The lowest BCUT2D eigenvalue weighted by Crippen LogP contribution is -2.38. The summed E-state index contributed by atoms with van der Waals surface area (Å²) in [5, 5.41) is 6.40. The summed E-state index contributed by atoms with van der Waals surface area (Å²) in [5.41, 5.74) is 4.55. The van der Waals surface area contributed by atoms with Gasteiger partial charge in [0.25, 0.3) is 0 Å². The maximum absolute atomic E-state index is 12.4. The van der Waals surface area contributed by atoms with Crippen molar-refractivity contribution >= 4 is 24.0 Å². The molecule has 0 spiro atoms. The largest absolute Gasteiger partial charge is 0.350 e. The normalized spacial score (nSPS) is 24.3. The Hall–Kier alpha value is -3.14. The molecule has 0 aliphatic heterocycles. The molecule has 2 N–H and O–H groups in total. The molecule has 0 atom stereocenters. The van der Waals surface area contributed by atoms with Gasteiger partial charge >= 0.3 is 0 Å². The van der Waals surface area contributed by atoms with E-state index in [9.17, 15) is 9.59 Å². The fourth-order valence-electron chi connectivity index (χ4n) is 5.75. The van der Waals surface area contributed by atoms with E-state index in [0.717, 1.165) is 48.6 Å². The Kier molecular flexibility index (Phi) is 9.76. The number of hydrogen-bond donors (Lipinski definition) is 2. The van der Waals surface area contributed by atoms with Gasteiger partial charge in [-0.1, -0.05) is 59.7 Å². The van der Waals surface area contributed by atoms with Crippen molar-refractivity contribution < 1.29 is 9.59 Å². The summed E-state index contributed by atoms with van der Waals surface area (Å²) >= 11 is 0. The van der Waals surface area contributed by atoms with Crippen molar-refractivity contribution in [2.45, 2.75) is 83.7 Å². The first-order valence-corrected chi connectivity index (χ1v) is 14.0. The standard InChI is InChI=1S/C33H42N2O2/c1-24-3-7-26(8-4-24)15-21-32(36)34-30-17-11-28(12-18-30)23-29-13-19-31(20-14-29)35-33(37)22-16-27-9-5-25(2)6-10-27/h3-10,15-16,21-22,28-31H,11-14,17-20,23H2,1-2H3,(H,34,36)(H,35,37)/b21-15+,22-16+. The van der Waals surface area contributed by atoms with Crippen LogP contribution >= 0.6 is 0 Å². The van der Waals surface area contributed by atoms with Crippen molar-refractivity contribution in [3.05, 3.63) is 82.9 Å². The molecular formula is C33H42N2O2. The quantitative estimate of drug-likeness (QED) is 0.395. The predicted octanol–water partition coefficient (Wildman–Crippen LogP) is 6.77. The third-order valence-corrected chi connectivity index (χ3v) is 8.06. The van der Waals surface area contributed by atoms with E-state index >= 15 is 0 Å². The number of benzene rings is 2. The maximum Gasteiger partial charge on any atom is 0.244 e. The van der Waals surface area contributed by atoms with Gasteiger partial charge in [-0.2, -0.15) is 0 Å². The van der Waals surface area contributed by atoms with Crippen LogP contribution in [0.4, 0.5) is 0 Å². The topological polar surface area (TPSA) is 58.2 Å². The smallest absolute Gasteiger partial charge is 0.244 e. The van der Waals surface area contributed by atoms with Gasteiger partial charge in [-0.05, 0) is 107 Å². The highest BCUT2D eigenvalue weighted by atomic mass is 16.2. The van der Waals surface area contributed by atoms with E-state index in [1.807, 2.05) is 36.4 Å². The van der Waals surface area contributed by atoms with Gasteiger partial charge in [0.1, 0.15) is 0 Å². The molecule has 2 saturated carbocycles. The van der Waals surface area contributed by atoms with Crippen LogP contribution in [0.1, 0.15) is 80.0 Å². The van der Waals surface area contributed by atoms with Crippen LogP contribution in [0.25, 0.3) is 12.2 Å². The van der Waals surface area contributed by atoms with Gasteiger partial charge in [0.2, 0.25) is 11.8 Å². The number of rotatable bonds is 8. The summed E-state index contributed by atoms with van der Waals surface area (Å²) in [5.74, 6) is 1.56. The molecule has 196 valence electrons. The summed E-state index contributed by atoms with van der Waals surface area (Å²) in [6, 6.07) is 17.0. The SMILES string of the molecule is Cc1ccc(/C=C/C(=O)NC2CCC(CC3CCC(NC(=O)/C=C/c4ccc(C)cc4)CC3)CC2)cc1. The lowest BCUT2D eigenvalue weighted by Gasteiger charge is -2.34. The number of carbonyl (C=O) groups excluding carboxylic acids is 2. The average molecular weight is 499 g/mol. The van der Waals surface area contributed by atoms with Crippen LogP contribution in [0.5, 0.6) is 0 Å². The Labute approximate surface area is 222 Å². The highest BCUT2D eigenvalue weighted by molar-refractivity contribution is 5.92. The first-order chi connectivity index (χ1) is 17.9. The molecule has 0 heterocycles. The van der Waals surface area contributed by atoms with Gasteiger partial charge in [0.15, 0.2) is 0 Å². The summed E-state index contributed by atoms with van der Waals surface area (Å²) < 4.78 is 0. The van der Waals surface area contributed by atoms with Crippen LogP contribution in [-0.4, -0.2) is 23.9 Å². The van der Waals surface area contributed by atoms with Crippen LogP contribution in [0.2, 0.25) is 0 Å². The molecule has 2 aliphatic carbocycles. The summed E-state index contributed by atoms with van der Waals surface area (Å²) in [7, 11) is 0. The van der Waals surface area contributed by atoms with Crippen molar-refractivity contribution in [3.63, 3.8) is 0 Å². The van der Waals surface area contributed by atoms with Gasteiger partial charge < -0.3 is 10.6 Å². The number of carbonyl (C=O) groups is 2. The van der Waals surface area contributed by atoms with Gasteiger partial charge in [0.05, 0.1) is 0 Å². The van der Waals surface area contributed by atoms with E-state index in [2.05, 4.69) is 48.7 Å². The Morgan fingerprint density at radius 1 is 0.622 bits per heavy atom. The minimum absolute atomic E-state index is 0.0121. The monoisotopic (exact) mass is 498 g/mol. The van der Waals surface area contributed by atoms with Crippen molar-refractivity contribution in [2.24, 2.45) is 11.8 Å². The minimum Gasteiger partial charge on any atom is -0.350 e. The van der Waals surface area contributed by atoms with Crippen LogP contribution in [0.15, 0.2) is 60.7 Å². The molecule has 0 aromatic heterocycles. The molecule has 0 unspecified atom stereocenters. The van der Waals surface area contributed by atoms with E-state index < -0.39 is 0 Å². The van der Waals surface area contributed by atoms with Gasteiger partial charge in [0, 0.05) is 24.2 Å². The zero-order chi connectivity index (χ0) is 26.0. The van der Waals surface area contributed by atoms with Crippen LogP contribution in [-0.2, 0) is 9.59 Å². The molecular weight excluding hydrogens is 456 g/mol. The number of nitrogens with one attached hydrogen (secondary N) is 2. The third kappa shape index (κ3) is 9.03. The lowest BCUT2D eigenvalue weighted by molar-refractivity contribution is -0.118. The Morgan fingerprint density at radius 2 is 0.973 bits per heavy atom. The van der Waals surface area contributed by atoms with E-state index in [1.54, 1.807) is 12.2 Å². The maximum atomic E-state index is 12.4. The van der Waals surface area contributed by atoms with Crippen molar-refractivity contribution in [1.82, 2.24) is 10.6 Å². The van der Waals surface area contributed by atoms with E-state index in [0.29, 0.717) is 12.1 Å². The van der Waals surface area contributed by atoms with Crippen molar-refractivity contribution in [3.8, 4) is 0 Å². The second-order valence-corrected chi connectivity index (χ2v) is 11.2. The molecule has 4 rings (SSSR count). The number of amides is 2. The highest BCUT2D eigenvalue weighted by Crippen LogP contribution is 2.35. The zero-order valence-corrected chi connectivity index (χ0v) is 22.4. The molecule has 0 radical (unpaired) electrons. The van der Waals surface area contributed by atoms with E-state index in [1.165, 1.54) is 43.2 Å². The Morgan fingerprint density at radius 3 is 1.32 bits per heavy atom. The van der Waals surface area contributed by atoms with Crippen LogP contribution in [0, 0.1) is 25.7 Å². The molecule has 0 saturated heterocycles. The summed E-state index contributed by atoms with van der Waals surface area (Å²) in [4.78, 5) is 24.7. The van der Waals surface area contributed by atoms with Crippen LogP contribution in [0.3, 0.4) is 0 Å². The minimum atomic E-state index is 0.0121. The lowest BCUT2D eigenvalue weighted by atomic mass is 9.75. The van der Waals surface area contributed by atoms with Crippen LogP contribution < -0.4 is 10.6 Å². The molecule has 37 heavy (non-hydrogen) atoms. The fraction of sp³-hybridized carbons (Fsp3) is 0.455. The van der Waals surface area contributed by atoms with E-state index in [4.69, 9.17) is 0 Å². The van der Waals surface area contributed by atoms with Gasteiger partial charge in [-0.25, -0.2) is 0 Å². The van der Waals surface area contributed by atoms with E-state index in [-0.39, 0.29) is 11.8 Å². The first-order valence-electron chi connectivity index (χ1n) is 14.0. The third-order valence-electron chi connectivity index (χ3n) is 8.06.